The summed E-state index contributed by atoms with van der Waals surface area (Å²) in [6, 6.07) is -0.268. The van der Waals surface area contributed by atoms with Gasteiger partial charge in [-0.3, -0.25) is 4.79 Å². The lowest BCUT2D eigenvalue weighted by molar-refractivity contribution is -0.148. The molecule has 1 rings (SSSR count). The summed E-state index contributed by atoms with van der Waals surface area (Å²) in [5.41, 5.74) is -1.13. The molecule has 1 heterocycles. The van der Waals surface area contributed by atoms with Gasteiger partial charge in [0.25, 0.3) is 0 Å². The van der Waals surface area contributed by atoms with Gasteiger partial charge in [0.05, 0.1) is 6.04 Å². The Labute approximate surface area is 108 Å². The van der Waals surface area contributed by atoms with Gasteiger partial charge < -0.3 is 15.7 Å². The third-order valence-corrected chi connectivity index (χ3v) is 4.03. The van der Waals surface area contributed by atoms with Gasteiger partial charge in [0.1, 0.15) is 5.54 Å². The van der Waals surface area contributed by atoms with Crippen molar-refractivity contribution in [2.24, 2.45) is 5.92 Å². The molecule has 1 amide bonds. The molecule has 0 aliphatic carbocycles. The Bertz CT molecular complexity index is 313. The predicted octanol–water partition coefficient (Wildman–Crippen LogP) is 1.13. The van der Waals surface area contributed by atoms with Crippen LogP contribution < -0.4 is 10.6 Å². The minimum Gasteiger partial charge on any atom is -0.480 e. The summed E-state index contributed by atoms with van der Waals surface area (Å²) < 4.78 is 0. The first-order valence-corrected chi connectivity index (χ1v) is 6.75. The fraction of sp³-hybridized carbons (Fsp3) is 0.846. The Hall–Kier alpha value is -1.10. The van der Waals surface area contributed by atoms with E-state index in [0.717, 1.165) is 19.4 Å². The van der Waals surface area contributed by atoms with Gasteiger partial charge in [-0.15, -0.1) is 0 Å². The van der Waals surface area contributed by atoms with Gasteiger partial charge in [0.2, 0.25) is 5.91 Å². The first kappa shape index (κ1) is 15.0. The zero-order valence-corrected chi connectivity index (χ0v) is 11.5. The van der Waals surface area contributed by atoms with Crippen LogP contribution in [0.2, 0.25) is 0 Å². The molecule has 0 bridgehead atoms. The summed E-state index contributed by atoms with van der Waals surface area (Å²) in [6.45, 7) is 6.42. The lowest BCUT2D eigenvalue weighted by atomic mass is 9.89. The largest absolute Gasteiger partial charge is 0.480 e. The highest BCUT2D eigenvalue weighted by Gasteiger charge is 2.39. The van der Waals surface area contributed by atoms with E-state index < -0.39 is 11.5 Å². The van der Waals surface area contributed by atoms with Crippen molar-refractivity contribution < 1.29 is 14.7 Å². The molecule has 0 spiro atoms. The molecule has 2 unspecified atom stereocenters. The molecule has 5 heteroatoms. The van der Waals surface area contributed by atoms with Crippen molar-refractivity contribution in [2.75, 3.05) is 6.54 Å². The fourth-order valence-corrected chi connectivity index (χ4v) is 2.50. The molecular weight excluding hydrogens is 232 g/mol. The monoisotopic (exact) mass is 256 g/mol. The van der Waals surface area contributed by atoms with Crippen molar-refractivity contribution in [2.45, 2.75) is 58.0 Å². The minimum atomic E-state index is -1.13. The van der Waals surface area contributed by atoms with Crippen LogP contribution in [-0.2, 0) is 9.59 Å². The molecule has 0 aromatic heterocycles. The lowest BCUT2D eigenvalue weighted by Gasteiger charge is -2.34. The van der Waals surface area contributed by atoms with Crippen LogP contribution in [0.3, 0.4) is 0 Å². The molecule has 2 atom stereocenters. The van der Waals surface area contributed by atoms with Crippen molar-refractivity contribution in [3.63, 3.8) is 0 Å². The SMILES string of the molecule is CCC(CC)(NC(=O)C1NCCCC1C)C(=O)O. The zero-order chi connectivity index (χ0) is 13.8. The standard InChI is InChI=1S/C13H24N2O3/c1-4-13(5-2,12(17)18)15-11(16)10-9(3)7-6-8-14-10/h9-10,14H,4-8H2,1-3H3,(H,15,16)(H,17,18). The Morgan fingerprint density at radius 1 is 1.39 bits per heavy atom. The Morgan fingerprint density at radius 3 is 2.44 bits per heavy atom. The van der Waals surface area contributed by atoms with Crippen LogP contribution in [0.25, 0.3) is 0 Å². The number of amides is 1. The Morgan fingerprint density at radius 2 is 2.00 bits per heavy atom. The van der Waals surface area contributed by atoms with Gasteiger partial charge >= 0.3 is 5.97 Å². The lowest BCUT2D eigenvalue weighted by Crippen LogP contribution is -2.60. The van der Waals surface area contributed by atoms with Crippen LogP contribution in [-0.4, -0.2) is 35.1 Å². The Kier molecular flexibility index (Phi) is 5.14. The average Bonchev–Trinajstić information content (AvgIpc) is 2.36. The molecule has 104 valence electrons. The number of hydrogen-bond acceptors (Lipinski definition) is 3. The summed E-state index contributed by atoms with van der Waals surface area (Å²) in [5, 5.41) is 15.2. The summed E-state index contributed by atoms with van der Waals surface area (Å²) >= 11 is 0. The van der Waals surface area contributed by atoms with E-state index in [1.807, 2.05) is 6.92 Å². The van der Waals surface area contributed by atoms with Gasteiger partial charge in [-0.1, -0.05) is 20.8 Å². The summed E-state index contributed by atoms with van der Waals surface area (Å²) in [4.78, 5) is 23.6. The molecular formula is C13H24N2O3. The zero-order valence-electron chi connectivity index (χ0n) is 11.5. The molecule has 1 aliphatic rings. The van der Waals surface area contributed by atoms with Gasteiger partial charge in [-0.05, 0) is 38.1 Å². The molecule has 5 nitrogen and oxygen atoms in total. The number of hydrogen-bond donors (Lipinski definition) is 3. The smallest absolute Gasteiger partial charge is 0.329 e. The number of carboxylic acid groups (broad SMARTS) is 1. The van der Waals surface area contributed by atoms with Crippen molar-refractivity contribution in [1.82, 2.24) is 10.6 Å². The van der Waals surface area contributed by atoms with E-state index in [2.05, 4.69) is 10.6 Å². The highest BCUT2D eigenvalue weighted by Crippen LogP contribution is 2.19. The van der Waals surface area contributed by atoms with Crippen molar-refractivity contribution in [3.8, 4) is 0 Å². The number of aliphatic carboxylic acids is 1. The molecule has 0 aromatic rings. The molecule has 18 heavy (non-hydrogen) atoms. The van der Waals surface area contributed by atoms with Gasteiger partial charge in [0.15, 0.2) is 0 Å². The number of rotatable bonds is 5. The van der Waals surface area contributed by atoms with Crippen LogP contribution in [0, 0.1) is 5.92 Å². The number of nitrogens with one attached hydrogen (secondary N) is 2. The molecule has 0 radical (unpaired) electrons. The van der Waals surface area contributed by atoms with Crippen molar-refractivity contribution in [1.29, 1.82) is 0 Å². The van der Waals surface area contributed by atoms with E-state index in [0.29, 0.717) is 12.8 Å². The summed E-state index contributed by atoms with van der Waals surface area (Å²) in [5.74, 6) is -0.892. The maximum atomic E-state index is 12.2. The van der Waals surface area contributed by atoms with Gasteiger partial charge in [-0.25, -0.2) is 4.79 Å². The second-order valence-electron chi connectivity index (χ2n) is 5.13. The predicted molar refractivity (Wildman–Crippen MR) is 69.3 cm³/mol. The summed E-state index contributed by atoms with van der Waals surface area (Å²) in [7, 11) is 0. The van der Waals surface area contributed by atoms with E-state index in [9.17, 15) is 14.7 Å². The number of carboxylic acids is 1. The summed E-state index contributed by atoms with van der Waals surface area (Å²) in [6.07, 6.45) is 2.86. The van der Waals surface area contributed by atoms with Crippen molar-refractivity contribution >= 4 is 11.9 Å². The van der Waals surface area contributed by atoms with E-state index >= 15 is 0 Å². The molecule has 3 N–H and O–H groups in total. The molecule has 0 saturated carbocycles. The average molecular weight is 256 g/mol. The number of carbonyl (C=O) groups excluding carboxylic acids is 1. The fourth-order valence-electron chi connectivity index (χ4n) is 2.50. The highest BCUT2D eigenvalue weighted by atomic mass is 16.4. The topological polar surface area (TPSA) is 78.4 Å². The highest BCUT2D eigenvalue weighted by molar-refractivity contribution is 5.89. The normalized spacial score (nSPS) is 24.6. The number of piperidine rings is 1. The van der Waals surface area contributed by atoms with Crippen LogP contribution in [0.1, 0.15) is 46.5 Å². The van der Waals surface area contributed by atoms with Crippen LogP contribution in [0.5, 0.6) is 0 Å². The minimum absolute atomic E-state index is 0.187. The second kappa shape index (κ2) is 6.18. The Balaban J connectivity index is 2.75. The van der Waals surface area contributed by atoms with E-state index in [-0.39, 0.29) is 17.9 Å². The second-order valence-corrected chi connectivity index (χ2v) is 5.13. The van der Waals surface area contributed by atoms with Gasteiger partial charge in [-0.2, -0.15) is 0 Å². The van der Waals surface area contributed by atoms with Crippen molar-refractivity contribution in [3.05, 3.63) is 0 Å². The first-order chi connectivity index (χ1) is 8.46. The van der Waals surface area contributed by atoms with Crippen LogP contribution >= 0.6 is 0 Å². The number of carbonyl (C=O) groups is 2. The maximum Gasteiger partial charge on any atom is 0.329 e. The molecule has 0 aromatic carbocycles. The molecule has 1 fully saturated rings. The third-order valence-electron chi connectivity index (χ3n) is 4.03. The van der Waals surface area contributed by atoms with Crippen LogP contribution in [0.4, 0.5) is 0 Å². The van der Waals surface area contributed by atoms with Crippen LogP contribution in [0.15, 0.2) is 0 Å². The first-order valence-electron chi connectivity index (χ1n) is 6.75. The molecule has 1 aliphatic heterocycles. The van der Waals surface area contributed by atoms with Gasteiger partial charge in [0, 0.05) is 0 Å². The van der Waals surface area contributed by atoms with E-state index in [1.165, 1.54) is 0 Å². The quantitative estimate of drug-likeness (QED) is 0.689. The third kappa shape index (κ3) is 3.02. The van der Waals surface area contributed by atoms with E-state index in [4.69, 9.17) is 0 Å². The van der Waals surface area contributed by atoms with E-state index in [1.54, 1.807) is 13.8 Å². The molecule has 1 saturated heterocycles. The maximum absolute atomic E-state index is 12.2.